The van der Waals surface area contributed by atoms with Crippen LogP contribution in [0, 0.1) is 29.3 Å². The Labute approximate surface area is 116 Å². The summed E-state index contributed by atoms with van der Waals surface area (Å²) in [5, 5.41) is 2.24. The summed E-state index contributed by atoms with van der Waals surface area (Å²) >= 11 is 0. The molecule has 3 nitrogen and oxygen atoms in total. The molecule has 112 valence electrons. The molecule has 1 aromatic rings. The van der Waals surface area contributed by atoms with Gasteiger partial charge in [0.1, 0.15) is 5.82 Å². The molecule has 0 fully saturated rings. The third kappa shape index (κ3) is 4.85. The van der Waals surface area contributed by atoms with E-state index >= 15 is 0 Å². The highest BCUT2D eigenvalue weighted by Crippen LogP contribution is 2.20. The lowest BCUT2D eigenvalue weighted by molar-refractivity contribution is -0.117. The number of carbonyl (C=O) groups excluding carboxylic acids is 1. The number of amides is 1. The van der Waals surface area contributed by atoms with Gasteiger partial charge in [0.15, 0.2) is 11.6 Å². The van der Waals surface area contributed by atoms with Gasteiger partial charge in [-0.1, -0.05) is 13.8 Å². The van der Waals surface area contributed by atoms with Gasteiger partial charge < -0.3 is 11.1 Å². The molecule has 6 heteroatoms. The van der Waals surface area contributed by atoms with Gasteiger partial charge in [0.2, 0.25) is 5.91 Å². The Morgan fingerprint density at radius 1 is 1.20 bits per heavy atom. The van der Waals surface area contributed by atoms with Crippen molar-refractivity contribution in [3.05, 3.63) is 29.6 Å². The first-order valence-corrected chi connectivity index (χ1v) is 6.48. The topological polar surface area (TPSA) is 55.1 Å². The van der Waals surface area contributed by atoms with Crippen molar-refractivity contribution in [3.63, 3.8) is 0 Å². The Bertz CT molecular complexity index is 478. The zero-order chi connectivity index (χ0) is 15.3. The summed E-state index contributed by atoms with van der Waals surface area (Å²) in [4.78, 5) is 11.8. The van der Waals surface area contributed by atoms with Crippen molar-refractivity contribution in [1.82, 2.24) is 0 Å². The van der Waals surface area contributed by atoms with E-state index in [9.17, 15) is 18.0 Å². The Kier molecular flexibility index (Phi) is 6.01. The highest BCUT2D eigenvalue weighted by Gasteiger charge is 2.16. The molecule has 1 aromatic carbocycles. The number of rotatable bonds is 6. The van der Waals surface area contributed by atoms with Crippen molar-refractivity contribution in [1.29, 1.82) is 0 Å². The Morgan fingerprint density at radius 2 is 1.80 bits per heavy atom. The molecule has 0 aromatic heterocycles. The molecule has 0 aliphatic rings. The normalized spacial score (nSPS) is 12.6. The molecule has 0 unspecified atom stereocenters. The molecule has 0 aliphatic carbocycles. The lowest BCUT2D eigenvalue weighted by Crippen LogP contribution is -2.24. The van der Waals surface area contributed by atoms with Crippen molar-refractivity contribution in [2.45, 2.75) is 26.7 Å². The van der Waals surface area contributed by atoms with Crippen molar-refractivity contribution < 1.29 is 18.0 Å². The zero-order valence-electron chi connectivity index (χ0n) is 11.6. The summed E-state index contributed by atoms with van der Waals surface area (Å²) in [6, 6.07) is 1.03. The van der Waals surface area contributed by atoms with Gasteiger partial charge in [-0.05, 0) is 24.8 Å². The lowest BCUT2D eigenvalue weighted by Gasteiger charge is -2.16. The predicted octanol–water partition coefficient (Wildman–Crippen LogP) is 3.05. The molecule has 1 rings (SSSR count). The van der Waals surface area contributed by atoms with Gasteiger partial charge >= 0.3 is 0 Å². The molecule has 3 N–H and O–H groups in total. The van der Waals surface area contributed by atoms with E-state index in [2.05, 4.69) is 5.32 Å². The molecule has 1 atom stereocenters. The number of carbonyl (C=O) groups is 1. The van der Waals surface area contributed by atoms with Crippen molar-refractivity contribution in [2.24, 2.45) is 17.6 Å². The number of halogens is 3. The minimum atomic E-state index is -1.29. The highest BCUT2D eigenvalue weighted by atomic mass is 19.2. The summed E-state index contributed by atoms with van der Waals surface area (Å²) in [6.07, 6.45) is 0.886. The number of hydrogen-bond donors (Lipinski definition) is 2. The number of nitrogens with one attached hydrogen (secondary N) is 1. The SMILES string of the molecule is CC(C)C[C@H](CN)CC(=O)Nc1cc(F)c(F)cc1F. The van der Waals surface area contributed by atoms with Crippen LogP contribution in [0.2, 0.25) is 0 Å². The van der Waals surface area contributed by atoms with Gasteiger partial charge in [0.05, 0.1) is 5.69 Å². The highest BCUT2D eigenvalue weighted by molar-refractivity contribution is 5.91. The Hall–Kier alpha value is -1.56. The number of hydrogen-bond acceptors (Lipinski definition) is 2. The van der Waals surface area contributed by atoms with E-state index in [0.717, 1.165) is 6.42 Å². The fourth-order valence-electron chi connectivity index (χ4n) is 2.01. The van der Waals surface area contributed by atoms with E-state index in [1.165, 1.54) is 0 Å². The van der Waals surface area contributed by atoms with E-state index in [4.69, 9.17) is 5.73 Å². The number of anilines is 1. The van der Waals surface area contributed by atoms with Crippen LogP contribution in [0.15, 0.2) is 12.1 Å². The van der Waals surface area contributed by atoms with Crippen molar-refractivity contribution in [2.75, 3.05) is 11.9 Å². The van der Waals surface area contributed by atoms with Crippen LogP contribution in [-0.4, -0.2) is 12.5 Å². The van der Waals surface area contributed by atoms with E-state index in [0.29, 0.717) is 24.6 Å². The first kappa shape index (κ1) is 16.5. The smallest absolute Gasteiger partial charge is 0.224 e. The third-order valence-electron chi connectivity index (χ3n) is 2.90. The molecular weight excluding hydrogens is 269 g/mol. The van der Waals surface area contributed by atoms with E-state index < -0.39 is 23.4 Å². The maximum Gasteiger partial charge on any atom is 0.224 e. The number of benzene rings is 1. The zero-order valence-corrected chi connectivity index (χ0v) is 11.6. The van der Waals surface area contributed by atoms with Crippen molar-refractivity contribution >= 4 is 11.6 Å². The maximum absolute atomic E-state index is 13.4. The molecule has 0 radical (unpaired) electrons. The van der Waals surface area contributed by atoms with Crippen LogP contribution in [0.4, 0.5) is 18.9 Å². The molecule has 0 bridgehead atoms. The second kappa shape index (κ2) is 7.28. The molecule has 0 saturated carbocycles. The monoisotopic (exact) mass is 288 g/mol. The van der Waals surface area contributed by atoms with Gasteiger partial charge in [-0.25, -0.2) is 13.2 Å². The molecule has 1 amide bonds. The van der Waals surface area contributed by atoms with Crippen LogP contribution in [0.3, 0.4) is 0 Å². The van der Waals surface area contributed by atoms with E-state index in [1.807, 2.05) is 13.8 Å². The van der Waals surface area contributed by atoms with Gasteiger partial charge in [-0.3, -0.25) is 4.79 Å². The van der Waals surface area contributed by atoms with Crippen LogP contribution in [0.1, 0.15) is 26.7 Å². The molecule has 20 heavy (non-hydrogen) atoms. The quantitative estimate of drug-likeness (QED) is 0.790. The molecule has 0 heterocycles. The summed E-state index contributed by atoms with van der Waals surface area (Å²) in [6.45, 7) is 4.36. The molecule has 0 aliphatic heterocycles. The van der Waals surface area contributed by atoms with Crippen LogP contribution in [0.5, 0.6) is 0 Å². The molecule has 0 saturated heterocycles. The summed E-state index contributed by atoms with van der Waals surface area (Å²) in [7, 11) is 0. The van der Waals surface area contributed by atoms with Crippen LogP contribution in [-0.2, 0) is 4.79 Å². The average Bonchev–Trinajstić information content (AvgIpc) is 2.34. The summed E-state index contributed by atoms with van der Waals surface area (Å²) in [5.74, 6) is -3.62. The van der Waals surface area contributed by atoms with Crippen molar-refractivity contribution in [3.8, 4) is 0 Å². The van der Waals surface area contributed by atoms with Gasteiger partial charge in [0.25, 0.3) is 0 Å². The van der Waals surface area contributed by atoms with Crippen LogP contribution < -0.4 is 11.1 Å². The third-order valence-corrected chi connectivity index (χ3v) is 2.90. The fraction of sp³-hybridized carbons (Fsp3) is 0.500. The first-order valence-electron chi connectivity index (χ1n) is 6.48. The fourth-order valence-corrected chi connectivity index (χ4v) is 2.01. The minimum Gasteiger partial charge on any atom is -0.330 e. The summed E-state index contributed by atoms with van der Waals surface area (Å²) < 4.78 is 39.1. The van der Waals surface area contributed by atoms with Crippen LogP contribution >= 0.6 is 0 Å². The predicted molar refractivity (Wildman–Crippen MR) is 71.6 cm³/mol. The summed E-state index contributed by atoms with van der Waals surface area (Å²) in [5.41, 5.74) is 5.21. The van der Waals surface area contributed by atoms with E-state index in [1.54, 1.807) is 0 Å². The average molecular weight is 288 g/mol. The maximum atomic E-state index is 13.4. The Morgan fingerprint density at radius 3 is 2.35 bits per heavy atom. The van der Waals surface area contributed by atoms with Gasteiger partial charge in [-0.2, -0.15) is 0 Å². The van der Waals surface area contributed by atoms with Gasteiger partial charge in [0, 0.05) is 18.6 Å². The number of nitrogens with two attached hydrogens (primary N) is 1. The van der Waals surface area contributed by atoms with Gasteiger partial charge in [-0.15, -0.1) is 0 Å². The minimum absolute atomic E-state index is 0.0247. The first-order chi connectivity index (χ1) is 9.33. The molecule has 0 spiro atoms. The van der Waals surface area contributed by atoms with E-state index in [-0.39, 0.29) is 18.0 Å². The molecular formula is C14H19F3N2O. The second-order valence-corrected chi connectivity index (χ2v) is 5.23. The second-order valence-electron chi connectivity index (χ2n) is 5.23. The Balaban J connectivity index is 2.68. The standard InChI is InChI=1S/C14H19F3N2O/c1-8(2)3-9(7-18)4-14(20)19-13-6-11(16)10(15)5-12(13)17/h5-6,8-9H,3-4,7,18H2,1-2H3,(H,19,20)/t9-/m0/s1. The largest absolute Gasteiger partial charge is 0.330 e. The lowest BCUT2D eigenvalue weighted by atomic mass is 9.94. The van der Waals surface area contributed by atoms with Crippen LogP contribution in [0.25, 0.3) is 0 Å².